The predicted octanol–water partition coefficient (Wildman–Crippen LogP) is -0.0356. The zero-order chi connectivity index (χ0) is 15.6. The molecule has 0 aliphatic carbocycles. The Morgan fingerprint density at radius 2 is 2.33 bits per heavy atom. The molecule has 1 aliphatic rings. The fourth-order valence-corrected chi connectivity index (χ4v) is 2.54. The lowest BCUT2D eigenvalue weighted by molar-refractivity contribution is -0.125. The summed E-state index contributed by atoms with van der Waals surface area (Å²) in [4.78, 5) is 24.9. The van der Waals surface area contributed by atoms with Crippen molar-refractivity contribution in [1.82, 2.24) is 14.7 Å². The summed E-state index contributed by atoms with van der Waals surface area (Å²) >= 11 is 0. The van der Waals surface area contributed by atoms with Gasteiger partial charge in [-0.1, -0.05) is 6.58 Å². The maximum atomic E-state index is 11.6. The fraction of sp³-hybridized carbons (Fsp3) is 0.357. The van der Waals surface area contributed by atoms with Crippen LogP contribution in [0.3, 0.4) is 0 Å². The molecule has 1 aliphatic heterocycles. The molecule has 0 saturated carbocycles. The average molecular weight is 287 g/mol. The molecule has 3 N–H and O–H groups in total. The van der Waals surface area contributed by atoms with Crippen molar-refractivity contribution in [3.05, 3.63) is 23.9 Å². The molecule has 2 heterocycles. The zero-order valence-corrected chi connectivity index (χ0v) is 11.8. The lowest BCUT2D eigenvalue weighted by Crippen LogP contribution is -2.27. The van der Waals surface area contributed by atoms with Crippen molar-refractivity contribution in [2.75, 3.05) is 25.5 Å². The Morgan fingerprint density at radius 1 is 1.62 bits per heavy atom. The van der Waals surface area contributed by atoms with Crippen molar-refractivity contribution in [2.45, 2.75) is 12.5 Å². The van der Waals surface area contributed by atoms with Crippen LogP contribution in [0, 0.1) is 12.3 Å². The van der Waals surface area contributed by atoms with Gasteiger partial charge in [-0.2, -0.15) is 5.10 Å². The minimum atomic E-state index is -0.629. The molecule has 1 aromatic rings. The summed E-state index contributed by atoms with van der Waals surface area (Å²) in [5.74, 6) is 2.10. The van der Waals surface area contributed by atoms with E-state index in [1.165, 1.54) is 6.08 Å². The third-order valence-corrected chi connectivity index (χ3v) is 3.53. The van der Waals surface area contributed by atoms with E-state index in [9.17, 15) is 9.59 Å². The minimum Gasteiger partial charge on any atom is -0.373 e. The van der Waals surface area contributed by atoms with Crippen LogP contribution in [0.25, 0.3) is 0 Å². The molecule has 0 bridgehead atoms. The molecular weight excluding hydrogens is 270 g/mol. The highest BCUT2D eigenvalue weighted by Crippen LogP contribution is 2.28. The van der Waals surface area contributed by atoms with E-state index in [2.05, 4.69) is 22.9 Å². The Bertz CT molecular complexity index is 641. The molecule has 2 amide bonds. The first-order valence-corrected chi connectivity index (χ1v) is 6.51. The number of aromatic nitrogens is 2. The molecular formula is C14H17N5O2. The molecule has 110 valence electrons. The van der Waals surface area contributed by atoms with E-state index >= 15 is 0 Å². The number of nitrogens with one attached hydrogen (secondary N) is 1. The number of nitrogens with zero attached hydrogens (tertiary/aromatic N) is 3. The maximum absolute atomic E-state index is 11.6. The number of amides is 2. The molecule has 1 atom stereocenters. The van der Waals surface area contributed by atoms with Crippen LogP contribution < -0.4 is 11.1 Å². The molecule has 1 unspecified atom stereocenters. The first kappa shape index (κ1) is 14.7. The second-order valence-corrected chi connectivity index (χ2v) is 4.71. The predicted molar refractivity (Wildman–Crippen MR) is 78.7 cm³/mol. The molecule has 21 heavy (non-hydrogen) atoms. The molecule has 0 spiro atoms. The Kier molecular flexibility index (Phi) is 3.98. The monoisotopic (exact) mass is 287 g/mol. The highest BCUT2D eigenvalue weighted by atomic mass is 16.2. The number of hydrogen-bond donors (Lipinski definition) is 2. The van der Waals surface area contributed by atoms with Gasteiger partial charge < -0.3 is 16.0 Å². The van der Waals surface area contributed by atoms with Crippen LogP contribution in [0.2, 0.25) is 0 Å². The summed E-state index contributed by atoms with van der Waals surface area (Å²) in [6, 6.07) is -0.0588. The van der Waals surface area contributed by atoms with Crippen LogP contribution >= 0.6 is 0 Å². The molecule has 1 fully saturated rings. The smallest absolute Gasteiger partial charge is 0.255 e. The van der Waals surface area contributed by atoms with Crippen molar-refractivity contribution in [3.63, 3.8) is 0 Å². The normalized spacial score (nSPS) is 17.3. The highest BCUT2D eigenvalue weighted by Gasteiger charge is 2.31. The average Bonchev–Trinajstić information content (AvgIpc) is 3.09. The van der Waals surface area contributed by atoms with Crippen molar-refractivity contribution in [1.29, 1.82) is 0 Å². The molecule has 0 aromatic carbocycles. The largest absolute Gasteiger partial charge is 0.373 e. The number of hydrogen-bond acceptors (Lipinski definition) is 4. The summed E-state index contributed by atoms with van der Waals surface area (Å²) < 4.78 is 1.64. The van der Waals surface area contributed by atoms with E-state index < -0.39 is 5.91 Å². The van der Waals surface area contributed by atoms with Gasteiger partial charge in [-0.25, -0.2) is 4.68 Å². The zero-order valence-electron chi connectivity index (χ0n) is 11.8. The second-order valence-electron chi connectivity index (χ2n) is 4.71. The van der Waals surface area contributed by atoms with Gasteiger partial charge in [0.05, 0.1) is 6.04 Å². The van der Waals surface area contributed by atoms with Crippen molar-refractivity contribution < 1.29 is 9.59 Å². The van der Waals surface area contributed by atoms with E-state index in [1.807, 2.05) is 0 Å². The Hall–Kier alpha value is -2.75. The molecule has 1 saturated heterocycles. The van der Waals surface area contributed by atoms with Gasteiger partial charge in [0.2, 0.25) is 5.91 Å². The van der Waals surface area contributed by atoms with Gasteiger partial charge >= 0.3 is 0 Å². The lowest BCUT2D eigenvalue weighted by Gasteiger charge is -2.16. The van der Waals surface area contributed by atoms with E-state index in [4.69, 9.17) is 12.2 Å². The van der Waals surface area contributed by atoms with Crippen LogP contribution in [0.4, 0.5) is 5.82 Å². The van der Waals surface area contributed by atoms with Crippen molar-refractivity contribution in [3.8, 4) is 12.3 Å². The first-order valence-electron chi connectivity index (χ1n) is 6.51. The fourth-order valence-electron chi connectivity index (χ4n) is 2.54. The maximum Gasteiger partial charge on any atom is 0.255 e. The summed E-state index contributed by atoms with van der Waals surface area (Å²) in [6.07, 6.45) is 7.39. The number of likely N-dealkylation sites (tertiary alicyclic amines) is 1. The van der Waals surface area contributed by atoms with E-state index in [-0.39, 0.29) is 23.2 Å². The Morgan fingerprint density at radius 3 is 2.86 bits per heavy atom. The topological polar surface area (TPSA) is 93.2 Å². The van der Waals surface area contributed by atoms with Crippen LogP contribution in [0.5, 0.6) is 0 Å². The molecule has 1 aromatic heterocycles. The summed E-state index contributed by atoms with van der Waals surface area (Å²) in [6.45, 7) is 4.57. The molecule has 7 nitrogen and oxygen atoms in total. The molecule has 2 rings (SSSR count). The Balaban J connectivity index is 2.38. The second kappa shape index (κ2) is 5.71. The number of primary amides is 1. The lowest BCUT2D eigenvalue weighted by atomic mass is 10.2. The first-order chi connectivity index (χ1) is 10.0. The van der Waals surface area contributed by atoms with Crippen LogP contribution in [0.1, 0.15) is 28.5 Å². The van der Waals surface area contributed by atoms with E-state index in [1.54, 1.807) is 16.6 Å². The number of terminal acetylenes is 1. The van der Waals surface area contributed by atoms with E-state index in [0.717, 1.165) is 6.42 Å². The SMILES string of the molecule is C#Cc1nn(C2CCN(C(=O)C=C)C2)c(NC)c1C(N)=O. The van der Waals surface area contributed by atoms with Gasteiger partial charge in [-0.15, -0.1) is 6.42 Å². The Labute approximate surface area is 122 Å². The van der Waals surface area contributed by atoms with E-state index in [0.29, 0.717) is 18.9 Å². The van der Waals surface area contributed by atoms with Gasteiger partial charge in [0.1, 0.15) is 17.1 Å². The quantitative estimate of drug-likeness (QED) is 0.600. The van der Waals surface area contributed by atoms with Gasteiger partial charge in [-0.05, 0) is 18.4 Å². The number of anilines is 1. The number of nitrogens with two attached hydrogens (primary N) is 1. The third kappa shape index (κ3) is 2.48. The summed E-state index contributed by atoms with van der Waals surface area (Å²) in [5.41, 5.74) is 5.78. The molecule has 7 heteroatoms. The van der Waals surface area contributed by atoms with Crippen molar-refractivity contribution >= 4 is 17.6 Å². The summed E-state index contributed by atoms with van der Waals surface area (Å²) in [7, 11) is 1.67. The van der Waals surface area contributed by atoms with Crippen LogP contribution in [-0.2, 0) is 4.79 Å². The minimum absolute atomic E-state index is 0.0588. The van der Waals surface area contributed by atoms with Crippen LogP contribution in [-0.4, -0.2) is 46.6 Å². The molecule has 0 radical (unpaired) electrons. The van der Waals surface area contributed by atoms with Crippen molar-refractivity contribution in [2.24, 2.45) is 5.73 Å². The standard InChI is InChI=1S/C14H17N5O2/c1-4-10-12(13(15)21)14(16-3)19(17-10)9-6-7-18(8-9)11(20)5-2/h1,5,9,16H,2,6-8H2,3H3,(H2,15,21). The van der Waals surface area contributed by atoms with Gasteiger partial charge in [0, 0.05) is 20.1 Å². The van der Waals surface area contributed by atoms with Gasteiger partial charge in [-0.3, -0.25) is 9.59 Å². The third-order valence-electron chi connectivity index (χ3n) is 3.53. The highest BCUT2D eigenvalue weighted by molar-refractivity contribution is 6.00. The van der Waals surface area contributed by atoms with Gasteiger partial charge in [0.15, 0.2) is 0 Å². The number of carbonyl (C=O) groups excluding carboxylic acids is 2. The number of rotatable bonds is 4. The van der Waals surface area contributed by atoms with Crippen LogP contribution in [0.15, 0.2) is 12.7 Å². The summed E-state index contributed by atoms with van der Waals surface area (Å²) in [5, 5.41) is 7.19. The van der Waals surface area contributed by atoms with Gasteiger partial charge in [0.25, 0.3) is 5.91 Å². The number of carbonyl (C=O) groups is 2.